The molecule has 0 atom stereocenters. The maximum Gasteiger partial charge on any atom is 0.306 e. The third-order valence-electron chi connectivity index (χ3n) is 2.89. The molecule has 0 amide bonds. The van der Waals surface area contributed by atoms with Crippen LogP contribution in [-0.2, 0) is 4.79 Å². The summed E-state index contributed by atoms with van der Waals surface area (Å²) in [6.07, 6.45) is 6.07. The van der Waals surface area contributed by atoms with Crippen LogP contribution in [0.1, 0.15) is 42.5 Å². The average Bonchev–Trinajstić information content (AvgIpc) is 2.41. The first-order chi connectivity index (χ1) is 8.24. The quantitative estimate of drug-likeness (QED) is 0.800. The zero-order valence-electron chi connectivity index (χ0n) is 9.84. The van der Waals surface area contributed by atoms with Crippen LogP contribution in [0, 0.1) is 5.92 Å². The van der Waals surface area contributed by atoms with Crippen LogP contribution in [0.15, 0.2) is 30.3 Å². The van der Waals surface area contributed by atoms with Gasteiger partial charge in [0.15, 0.2) is 0 Å². The van der Waals surface area contributed by atoms with Crippen LogP contribution in [-0.4, -0.2) is 17.4 Å². The number of carbonyl (C=O) groups excluding carboxylic acids is 1. The summed E-state index contributed by atoms with van der Waals surface area (Å²) in [5, 5.41) is 8.54. The van der Waals surface area contributed by atoms with Gasteiger partial charge in [-0.15, -0.1) is 0 Å². The second kappa shape index (κ2) is 7.60. The molecule has 0 unspecified atom stereocenters. The first kappa shape index (κ1) is 13.4. The fraction of sp³-hybridized carbons (Fsp3) is 0.429. The summed E-state index contributed by atoms with van der Waals surface area (Å²) >= 11 is 0. The first-order valence-electron chi connectivity index (χ1n) is 5.97. The number of carbonyl (C=O) groups is 2. The van der Waals surface area contributed by atoms with E-state index in [0.29, 0.717) is 0 Å². The van der Waals surface area contributed by atoms with Crippen LogP contribution >= 0.6 is 0 Å². The average molecular weight is 234 g/mol. The molecular weight excluding hydrogens is 216 g/mol. The number of aliphatic carboxylic acids is 1. The van der Waals surface area contributed by atoms with Crippen molar-refractivity contribution in [1.29, 1.82) is 0 Å². The molecule has 0 aliphatic heterocycles. The standard InChI is InChI=1S/C7H12O2.C7H6O/c8-7(9)6-4-2-1-3-5-6;8-6-7-4-2-1-3-5-7/h6H,1-5H2,(H,8,9);1-6H. The van der Waals surface area contributed by atoms with Crippen LogP contribution in [0.3, 0.4) is 0 Å². The Hall–Kier alpha value is -1.64. The van der Waals surface area contributed by atoms with E-state index in [1.807, 2.05) is 18.2 Å². The molecule has 0 saturated heterocycles. The van der Waals surface area contributed by atoms with E-state index in [4.69, 9.17) is 5.11 Å². The van der Waals surface area contributed by atoms with Gasteiger partial charge in [0.2, 0.25) is 0 Å². The molecule has 0 radical (unpaired) electrons. The van der Waals surface area contributed by atoms with Crippen LogP contribution in [0.5, 0.6) is 0 Å². The lowest BCUT2D eigenvalue weighted by Crippen LogP contribution is -2.16. The van der Waals surface area contributed by atoms with Gasteiger partial charge in [-0.2, -0.15) is 0 Å². The summed E-state index contributed by atoms with van der Waals surface area (Å²) in [5.41, 5.74) is 0.729. The Kier molecular flexibility index (Phi) is 6.00. The molecule has 0 aromatic heterocycles. The number of rotatable bonds is 2. The van der Waals surface area contributed by atoms with E-state index < -0.39 is 5.97 Å². The normalized spacial score (nSPS) is 15.5. The predicted molar refractivity (Wildman–Crippen MR) is 66.0 cm³/mol. The zero-order chi connectivity index (χ0) is 12.5. The minimum absolute atomic E-state index is 0.0289. The van der Waals surface area contributed by atoms with E-state index in [1.165, 1.54) is 6.42 Å². The van der Waals surface area contributed by atoms with Gasteiger partial charge in [0, 0.05) is 5.56 Å². The molecule has 1 aliphatic rings. The van der Waals surface area contributed by atoms with Crippen molar-refractivity contribution in [3.8, 4) is 0 Å². The highest BCUT2D eigenvalue weighted by molar-refractivity contribution is 5.74. The molecule has 1 fully saturated rings. The molecule has 1 N–H and O–H groups in total. The Morgan fingerprint density at radius 1 is 1.12 bits per heavy atom. The maximum absolute atomic E-state index is 10.4. The second-order valence-corrected chi connectivity index (χ2v) is 4.20. The topological polar surface area (TPSA) is 54.4 Å². The Morgan fingerprint density at radius 3 is 2.06 bits per heavy atom. The molecule has 3 nitrogen and oxygen atoms in total. The molecule has 0 spiro atoms. The Labute approximate surface area is 101 Å². The Morgan fingerprint density at radius 2 is 1.71 bits per heavy atom. The van der Waals surface area contributed by atoms with E-state index in [-0.39, 0.29) is 5.92 Å². The summed E-state index contributed by atoms with van der Waals surface area (Å²) in [6.45, 7) is 0. The van der Waals surface area contributed by atoms with Gasteiger partial charge < -0.3 is 5.11 Å². The van der Waals surface area contributed by atoms with Crippen molar-refractivity contribution in [3.05, 3.63) is 35.9 Å². The van der Waals surface area contributed by atoms with Gasteiger partial charge in [-0.05, 0) is 12.8 Å². The number of hydrogen-bond acceptors (Lipinski definition) is 2. The van der Waals surface area contributed by atoms with Crippen molar-refractivity contribution in [2.24, 2.45) is 5.92 Å². The number of carboxylic acid groups (broad SMARTS) is 1. The van der Waals surface area contributed by atoms with Crippen LogP contribution in [0.4, 0.5) is 0 Å². The van der Waals surface area contributed by atoms with Crippen LogP contribution in [0.25, 0.3) is 0 Å². The molecule has 3 heteroatoms. The van der Waals surface area contributed by atoms with Crippen molar-refractivity contribution in [3.63, 3.8) is 0 Å². The smallest absolute Gasteiger partial charge is 0.306 e. The lowest BCUT2D eigenvalue weighted by molar-refractivity contribution is -0.142. The van der Waals surface area contributed by atoms with Gasteiger partial charge in [0.1, 0.15) is 6.29 Å². The fourth-order valence-electron chi connectivity index (χ4n) is 1.88. The lowest BCUT2D eigenvalue weighted by Gasteiger charge is -2.16. The van der Waals surface area contributed by atoms with E-state index >= 15 is 0 Å². The first-order valence-corrected chi connectivity index (χ1v) is 5.97. The summed E-state index contributed by atoms with van der Waals surface area (Å²) in [5.74, 6) is -0.631. The van der Waals surface area contributed by atoms with Crippen molar-refractivity contribution < 1.29 is 14.7 Å². The van der Waals surface area contributed by atoms with Gasteiger partial charge in [-0.3, -0.25) is 9.59 Å². The molecule has 1 aromatic rings. The zero-order valence-corrected chi connectivity index (χ0v) is 9.84. The van der Waals surface area contributed by atoms with Crippen molar-refractivity contribution in [2.75, 3.05) is 0 Å². The highest BCUT2D eigenvalue weighted by Gasteiger charge is 2.19. The van der Waals surface area contributed by atoms with Gasteiger partial charge >= 0.3 is 5.97 Å². The second-order valence-electron chi connectivity index (χ2n) is 4.20. The molecule has 1 aliphatic carbocycles. The Balaban J connectivity index is 0.000000171. The predicted octanol–water partition coefficient (Wildman–Crippen LogP) is 3.15. The monoisotopic (exact) mass is 234 g/mol. The molecule has 17 heavy (non-hydrogen) atoms. The van der Waals surface area contributed by atoms with E-state index in [1.54, 1.807) is 12.1 Å². The summed E-state index contributed by atoms with van der Waals surface area (Å²) in [7, 11) is 0. The van der Waals surface area contributed by atoms with Gasteiger partial charge in [0.05, 0.1) is 5.92 Å². The molecular formula is C14H18O3. The number of benzene rings is 1. The maximum atomic E-state index is 10.4. The van der Waals surface area contributed by atoms with Gasteiger partial charge in [0.25, 0.3) is 0 Å². The number of aldehydes is 1. The molecule has 0 bridgehead atoms. The third-order valence-corrected chi connectivity index (χ3v) is 2.89. The molecule has 1 saturated carbocycles. The summed E-state index contributed by atoms with van der Waals surface area (Å²) < 4.78 is 0. The van der Waals surface area contributed by atoms with Gasteiger partial charge in [-0.1, -0.05) is 49.6 Å². The van der Waals surface area contributed by atoms with Crippen LogP contribution in [0.2, 0.25) is 0 Å². The largest absolute Gasteiger partial charge is 0.481 e. The lowest BCUT2D eigenvalue weighted by atomic mass is 9.90. The highest BCUT2D eigenvalue weighted by Crippen LogP contribution is 2.23. The van der Waals surface area contributed by atoms with Crippen molar-refractivity contribution in [1.82, 2.24) is 0 Å². The van der Waals surface area contributed by atoms with Gasteiger partial charge in [-0.25, -0.2) is 0 Å². The minimum Gasteiger partial charge on any atom is -0.481 e. The Bertz CT molecular complexity index is 340. The third kappa shape index (κ3) is 5.29. The number of carboxylic acids is 1. The fourth-order valence-corrected chi connectivity index (χ4v) is 1.88. The molecule has 1 aromatic carbocycles. The van der Waals surface area contributed by atoms with E-state index in [2.05, 4.69) is 0 Å². The summed E-state index contributed by atoms with van der Waals surface area (Å²) in [6, 6.07) is 9.10. The van der Waals surface area contributed by atoms with E-state index in [0.717, 1.165) is 37.5 Å². The summed E-state index contributed by atoms with van der Waals surface area (Å²) in [4.78, 5) is 20.4. The number of hydrogen-bond donors (Lipinski definition) is 1. The van der Waals surface area contributed by atoms with Crippen molar-refractivity contribution in [2.45, 2.75) is 32.1 Å². The SMILES string of the molecule is O=C(O)C1CCCCC1.O=Cc1ccccc1. The molecule has 2 rings (SSSR count). The highest BCUT2D eigenvalue weighted by atomic mass is 16.4. The minimum atomic E-state index is -0.602. The molecule has 0 heterocycles. The van der Waals surface area contributed by atoms with E-state index in [9.17, 15) is 9.59 Å². The van der Waals surface area contributed by atoms with Crippen LogP contribution < -0.4 is 0 Å². The molecule has 92 valence electrons. The van der Waals surface area contributed by atoms with Crippen molar-refractivity contribution >= 4 is 12.3 Å².